The SMILES string of the molecule is CN(CCNC(=O)NC[C@]1(C)CCCS1)C1CC1. The molecule has 0 aromatic carbocycles. The van der Waals surface area contributed by atoms with Crippen molar-refractivity contribution in [2.45, 2.75) is 43.4 Å². The third-order valence-corrected chi connectivity index (χ3v) is 5.38. The Bertz CT molecular complexity index is 288. The Morgan fingerprint density at radius 3 is 2.83 bits per heavy atom. The molecule has 1 aliphatic heterocycles. The molecular weight excluding hydrogens is 246 g/mol. The van der Waals surface area contributed by atoms with E-state index in [4.69, 9.17) is 0 Å². The normalized spacial score (nSPS) is 27.5. The highest BCUT2D eigenvalue weighted by molar-refractivity contribution is 8.00. The Balaban J connectivity index is 1.54. The maximum absolute atomic E-state index is 11.7. The van der Waals surface area contributed by atoms with Crippen molar-refractivity contribution < 1.29 is 4.79 Å². The molecule has 1 aliphatic carbocycles. The number of amides is 2. The number of nitrogens with one attached hydrogen (secondary N) is 2. The average Bonchev–Trinajstić information content (AvgIpc) is 3.10. The van der Waals surface area contributed by atoms with Gasteiger partial charge in [0.25, 0.3) is 0 Å². The third-order valence-electron chi connectivity index (χ3n) is 3.84. The van der Waals surface area contributed by atoms with Crippen molar-refractivity contribution in [3.05, 3.63) is 0 Å². The Labute approximate surface area is 114 Å². The number of carbonyl (C=O) groups is 1. The molecule has 1 atom stereocenters. The molecule has 4 nitrogen and oxygen atoms in total. The minimum Gasteiger partial charge on any atom is -0.337 e. The van der Waals surface area contributed by atoms with Gasteiger partial charge in [0.05, 0.1) is 0 Å². The quantitative estimate of drug-likeness (QED) is 0.772. The van der Waals surface area contributed by atoms with Crippen LogP contribution < -0.4 is 10.6 Å². The number of likely N-dealkylation sites (N-methyl/N-ethyl adjacent to an activating group) is 1. The fraction of sp³-hybridized carbons (Fsp3) is 0.923. The van der Waals surface area contributed by atoms with Gasteiger partial charge in [-0.3, -0.25) is 0 Å². The Hall–Kier alpha value is -0.420. The summed E-state index contributed by atoms with van der Waals surface area (Å²) in [4.78, 5) is 14.0. The van der Waals surface area contributed by atoms with Crippen LogP contribution in [0.5, 0.6) is 0 Å². The molecule has 2 aliphatic rings. The summed E-state index contributed by atoms with van der Waals surface area (Å²) in [5.74, 6) is 1.23. The lowest BCUT2D eigenvalue weighted by atomic mass is 10.1. The van der Waals surface area contributed by atoms with E-state index in [1.54, 1.807) is 0 Å². The molecule has 1 saturated carbocycles. The zero-order valence-electron chi connectivity index (χ0n) is 11.5. The first-order valence-electron chi connectivity index (χ1n) is 6.95. The maximum Gasteiger partial charge on any atom is 0.314 e. The smallest absolute Gasteiger partial charge is 0.314 e. The molecular formula is C13H25N3OS. The number of rotatable bonds is 6. The predicted octanol–water partition coefficient (Wildman–Crippen LogP) is 1.67. The molecule has 2 amide bonds. The molecule has 2 N–H and O–H groups in total. The molecule has 0 aromatic rings. The Kier molecular flexibility index (Phi) is 4.78. The van der Waals surface area contributed by atoms with Crippen molar-refractivity contribution >= 4 is 17.8 Å². The van der Waals surface area contributed by atoms with Gasteiger partial charge < -0.3 is 15.5 Å². The van der Waals surface area contributed by atoms with Gasteiger partial charge in [0.1, 0.15) is 0 Å². The number of hydrogen-bond acceptors (Lipinski definition) is 3. The van der Waals surface area contributed by atoms with Crippen molar-refractivity contribution in [1.29, 1.82) is 0 Å². The third kappa shape index (κ3) is 4.35. The summed E-state index contributed by atoms with van der Waals surface area (Å²) < 4.78 is 0.252. The van der Waals surface area contributed by atoms with Crippen LogP contribution in [-0.4, -0.2) is 54.2 Å². The van der Waals surface area contributed by atoms with Crippen LogP contribution in [-0.2, 0) is 0 Å². The van der Waals surface area contributed by atoms with Gasteiger partial charge in [0.2, 0.25) is 0 Å². The fourth-order valence-electron chi connectivity index (χ4n) is 2.35. The molecule has 1 heterocycles. The second kappa shape index (κ2) is 6.15. The standard InChI is InChI=1S/C13H25N3OS/c1-13(6-3-9-18-13)10-15-12(17)14-7-8-16(2)11-4-5-11/h11H,3-10H2,1-2H3,(H2,14,15,17)/t13-/m0/s1. The van der Waals surface area contributed by atoms with E-state index in [1.807, 2.05) is 11.8 Å². The van der Waals surface area contributed by atoms with E-state index >= 15 is 0 Å². The number of thioether (sulfide) groups is 1. The molecule has 104 valence electrons. The summed E-state index contributed by atoms with van der Waals surface area (Å²) in [6.07, 6.45) is 5.12. The zero-order valence-corrected chi connectivity index (χ0v) is 12.3. The summed E-state index contributed by atoms with van der Waals surface area (Å²) in [5.41, 5.74) is 0. The summed E-state index contributed by atoms with van der Waals surface area (Å²) in [5, 5.41) is 5.93. The van der Waals surface area contributed by atoms with E-state index in [9.17, 15) is 4.79 Å². The number of urea groups is 1. The van der Waals surface area contributed by atoms with Crippen molar-refractivity contribution in [2.24, 2.45) is 0 Å². The summed E-state index contributed by atoms with van der Waals surface area (Å²) in [7, 11) is 2.13. The first kappa shape index (κ1) is 14.0. The lowest BCUT2D eigenvalue weighted by Gasteiger charge is -2.23. The second-order valence-electron chi connectivity index (χ2n) is 5.72. The van der Waals surface area contributed by atoms with Crippen molar-refractivity contribution in [1.82, 2.24) is 15.5 Å². The van der Waals surface area contributed by atoms with Crippen LogP contribution in [0, 0.1) is 0 Å². The molecule has 0 radical (unpaired) electrons. The van der Waals surface area contributed by atoms with Gasteiger partial charge >= 0.3 is 6.03 Å². The highest BCUT2D eigenvalue weighted by Gasteiger charge is 2.29. The summed E-state index contributed by atoms with van der Waals surface area (Å²) in [6.45, 7) is 4.71. The molecule has 0 spiro atoms. The van der Waals surface area contributed by atoms with Gasteiger partial charge in [-0.25, -0.2) is 4.79 Å². The first-order chi connectivity index (χ1) is 8.59. The first-order valence-corrected chi connectivity index (χ1v) is 7.93. The molecule has 0 unspecified atom stereocenters. The van der Waals surface area contributed by atoms with E-state index in [1.165, 1.54) is 31.4 Å². The molecule has 0 bridgehead atoms. The number of nitrogens with zero attached hydrogens (tertiary/aromatic N) is 1. The minimum atomic E-state index is -0.0204. The largest absolute Gasteiger partial charge is 0.337 e. The maximum atomic E-state index is 11.7. The molecule has 0 aromatic heterocycles. The van der Waals surface area contributed by atoms with Gasteiger partial charge in [0, 0.05) is 30.4 Å². The van der Waals surface area contributed by atoms with E-state index in [-0.39, 0.29) is 10.8 Å². The van der Waals surface area contributed by atoms with E-state index in [0.29, 0.717) is 0 Å². The highest BCUT2D eigenvalue weighted by Crippen LogP contribution is 2.36. The van der Waals surface area contributed by atoms with E-state index in [2.05, 4.69) is 29.5 Å². The van der Waals surface area contributed by atoms with Gasteiger partial charge in [-0.15, -0.1) is 0 Å². The minimum absolute atomic E-state index is 0.0204. The van der Waals surface area contributed by atoms with Gasteiger partial charge in [-0.2, -0.15) is 11.8 Å². The van der Waals surface area contributed by atoms with Crippen LogP contribution in [0.2, 0.25) is 0 Å². The number of hydrogen-bond donors (Lipinski definition) is 2. The van der Waals surface area contributed by atoms with Crippen LogP contribution in [0.4, 0.5) is 4.79 Å². The van der Waals surface area contributed by atoms with Crippen molar-refractivity contribution in [3.63, 3.8) is 0 Å². The lowest BCUT2D eigenvalue weighted by Crippen LogP contribution is -2.44. The fourth-order valence-corrected chi connectivity index (χ4v) is 3.59. The van der Waals surface area contributed by atoms with Crippen LogP contribution >= 0.6 is 11.8 Å². The van der Waals surface area contributed by atoms with Crippen LogP contribution in [0.1, 0.15) is 32.6 Å². The second-order valence-corrected chi connectivity index (χ2v) is 7.41. The highest BCUT2D eigenvalue weighted by atomic mass is 32.2. The van der Waals surface area contributed by atoms with E-state index in [0.717, 1.165) is 25.7 Å². The summed E-state index contributed by atoms with van der Waals surface area (Å²) in [6, 6.07) is 0.747. The average molecular weight is 271 g/mol. The van der Waals surface area contributed by atoms with Crippen molar-refractivity contribution in [2.75, 3.05) is 32.4 Å². The van der Waals surface area contributed by atoms with E-state index < -0.39 is 0 Å². The lowest BCUT2D eigenvalue weighted by molar-refractivity contribution is 0.237. The monoisotopic (exact) mass is 271 g/mol. The zero-order chi connectivity index (χ0) is 13.0. The predicted molar refractivity (Wildman–Crippen MR) is 77.2 cm³/mol. The topological polar surface area (TPSA) is 44.4 Å². The molecule has 18 heavy (non-hydrogen) atoms. The number of carbonyl (C=O) groups excluding carboxylic acids is 1. The van der Waals surface area contributed by atoms with Crippen LogP contribution in [0.15, 0.2) is 0 Å². The Morgan fingerprint density at radius 2 is 2.22 bits per heavy atom. The molecule has 1 saturated heterocycles. The van der Waals surface area contributed by atoms with Crippen molar-refractivity contribution in [3.8, 4) is 0 Å². The molecule has 5 heteroatoms. The van der Waals surface area contributed by atoms with Crippen LogP contribution in [0.3, 0.4) is 0 Å². The van der Waals surface area contributed by atoms with Gasteiger partial charge in [-0.05, 0) is 45.4 Å². The Morgan fingerprint density at radius 1 is 1.44 bits per heavy atom. The van der Waals surface area contributed by atoms with Crippen LogP contribution in [0.25, 0.3) is 0 Å². The van der Waals surface area contributed by atoms with Gasteiger partial charge in [-0.1, -0.05) is 0 Å². The molecule has 2 rings (SSSR count). The van der Waals surface area contributed by atoms with Gasteiger partial charge in [0.15, 0.2) is 0 Å². The molecule has 2 fully saturated rings. The summed E-state index contributed by atoms with van der Waals surface area (Å²) >= 11 is 1.98.